The number of aryl methyl sites for hydroxylation is 1. The minimum Gasteiger partial charge on any atom is -0.505 e. The molecule has 0 fully saturated rings. The average Bonchev–Trinajstić information content (AvgIpc) is 2.46. The fourth-order valence-corrected chi connectivity index (χ4v) is 2.23. The van der Waals surface area contributed by atoms with Crippen LogP contribution in [0.2, 0.25) is 0 Å². The standard InChI is InChI=1S/C15H14N2O3/c1-10-4-5-11-13(9-10)20-8-7-17(11)15(19)14-12(18)3-2-6-16-14/h2-6,9,18H,7-8H2,1H3. The Morgan fingerprint density at radius 3 is 3.05 bits per heavy atom. The number of aromatic nitrogens is 1. The van der Waals surface area contributed by atoms with E-state index < -0.39 is 0 Å². The first-order valence-corrected chi connectivity index (χ1v) is 6.36. The van der Waals surface area contributed by atoms with Crippen molar-refractivity contribution in [2.75, 3.05) is 18.1 Å². The van der Waals surface area contributed by atoms with Crippen LogP contribution in [0.3, 0.4) is 0 Å². The molecule has 2 aromatic rings. The van der Waals surface area contributed by atoms with Gasteiger partial charge < -0.3 is 9.84 Å². The molecule has 0 bridgehead atoms. The summed E-state index contributed by atoms with van der Waals surface area (Å²) in [5.41, 5.74) is 1.83. The third kappa shape index (κ3) is 2.07. The van der Waals surface area contributed by atoms with Crippen molar-refractivity contribution in [1.29, 1.82) is 0 Å². The lowest BCUT2D eigenvalue weighted by Gasteiger charge is -2.29. The summed E-state index contributed by atoms with van der Waals surface area (Å²) in [4.78, 5) is 18.1. The minimum atomic E-state index is -0.323. The van der Waals surface area contributed by atoms with E-state index >= 15 is 0 Å². The summed E-state index contributed by atoms with van der Waals surface area (Å²) in [7, 11) is 0. The third-order valence-electron chi connectivity index (χ3n) is 3.21. The number of ether oxygens (including phenoxy) is 1. The molecule has 1 N–H and O–H groups in total. The summed E-state index contributed by atoms with van der Waals surface area (Å²) in [6, 6.07) is 8.71. The predicted octanol–water partition coefficient (Wildman–Crippen LogP) is 2.13. The molecule has 0 unspecified atom stereocenters. The number of carbonyl (C=O) groups excluding carboxylic acids is 1. The lowest BCUT2D eigenvalue weighted by Crippen LogP contribution is -2.38. The highest BCUT2D eigenvalue weighted by atomic mass is 16.5. The highest BCUT2D eigenvalue weighted by Crippen LogP contribution is 2.33. The Bertz CT molecular complexity index is 670. The zero-order valence-electron chi connectivity index (χ0n) is 11.0. The molecule has 3 rings (SSSR count). The summed E-state index contributed by atoms with van der Waals surface area (Å²) in [5.74, 6) is 0.245. The second-order valence-electron chi connectivity index (χ2n) is 4.65. The topological polar surface area (TPSA) is 62.7 Å². The lowest BCUT2D eigenvalue weighted by atomic mass is 10.1. The molecular weight excluding hydrogens is 256 g/mol. The van der Waals surface area contributed by atoms with E-state index in [1.807, 2.05) is 25.1 Å². The van der Waals surface area contributed by atoms with Gasteiger partial charge in [-0.1, -0.05) is 6.07 Å². The molecule has 1 amide bonds. The van der Waals surface area contributed by atoms with Crippen molar-refractivity contribution in [3.63, 3.8) is 0 Å². The molecule has 0 spiro atoms. The molecule has 0 atom stereocenters. The summed E-state index contributed by atoms with van der Waals surface area (Å²) >= 11 is 0. The van der Waals surface area contributed by atoms with E-state index in [0.29, 0.717) is 24.6 Å². The van der Waals surface area contributed by atoms with E-state index in [4.69, 9.17) is 4.74 Å². The van der Waals surface area contributed by atoms with Crippen molar-refractivity contribution >= 4 is 11.6 Å². The number of anilines is 1. The normalized spacial score (nSPS) is 13.6. The second kappa shape index (κ2) is 4.85. The van der Waals surface area contributed by atoms with E-state index in [9.17, 15) is 9.90 Å². The van der Waals surface area contributed by atoms with Crippen molar-refractivity contribution in [3.05, 3.63) is 47.8 Å². The van der Waals surface area contributed by atoms with Crippen LogP contribution in [-0.2, 0) is 0 Å². The fraction of sp³-hybridized carbons (Fsp3) is 0.200. The number of nitrogens with zero attached hydrogens (tertiary/aromatic N) is 2. The number of benzene rings is 1. The number of fused-ring (bicyclic) bond motifs is 1. The smallest absolute Gasteiger partial charge is 0.280 e. The Hall–Kier alpha value is -2.56. The predicted molar refractivity (Wildman–Crippen MR) is 74.3 cm³/mol. The number of hydrogen-bond donors (Lipinski definition) is 1. The maximum Gasteiger partial charge on any atom is 0.280 e. The van der Waals surface area contributed by atoms with Crippen molar-refractivity contribution < 1.29 is 14.6 Å². The molecule has 2 heterocycles. The van der Waals surface area contributed by atoms with Gasteiger partial charge in [-0.2, -0.15) is 0 Å². The van der Waals surface area contributed by atoms with E-state index in [0.717, 1.165) is 5.56 Å². The summed E-state index contributed by atoms with van der Waals surface area (Å²) in [6.07, 6.45) is 1.49. The van der Waals surface area contributed by atoms with Crippen LogP contribution in [0.5, 0.6) is 11.5 Å². The van der Waals surface area contributed by atoms with E-state index in [-0.39, 0.29) is 17.4 Å². The van der Waals surface area contributed by atoms with Crippen molar-refractivity contribution in [2.45, 2.75) is 6.92 Å². The summed E-state index contributed by atoms with van der Waals surface area (Å²) in [6.45, 7) is 2.83. The number of rotatable bonds is 1. The fourth-order valence-electron chi connectivity index (χ4n) is 2.23. The van der Waals surface area contributed by atoms with Gasteiger partial charge in [0.1, 0.15) is 18.1 Å². The molecule has 102 valence electrons. The average molecular weight is 270 g/mol. The van der Waals surface area contributed by atoms with Crippen molar-refractivity contribution in [3.8, 4) is 11.5 Å². The Balaban J connectivity index is 2.01. The zero-order valence-corrected chi connectivity index (χ0v) is 11.0. The molecule has 0 aliphatic carbocycles. The first-order valence-electron chi connectivity index (χ1n) is 6.36. The van der Waals surface area contributed by atoms with Crippen molar-refractivity contribution in [1.82, 2.24) is 4.98 Å². The van der Waals surface area contributed by atoms with Gasteiger partial charge in [0.05, 0.1) is 12.2 Å². The first kappa shape index (κ1) is 12.5. The van der Waals surface area contributed by atoms with Gasteiger partial charge in [-0.05, 0) is 36.8 Å². The molecule has 5 nitrogen and oxygen atoms in total. The highest BCUT2D eigenvalue weighted by Gasteiger charge is 2.27. The third-order valence-corrected chi connectivity index (χ3v) is 3.21. The van der Waals surface area contributed by atoms with E-state index in [1.54, 1.807) is 11.0 Å². The number of amides is 1. The van der Waals surface area contributed by atoms with E-state index in [1.165, 1.54) is 12.3 Å². The Labute approximate surface area is 116 Å². The van der Waals surface area contributed by atoms with Crippen LogP contribution in [0.4, 0.5) is 5.69 Å². The molecule has 5 heteroatoms. The molecule has 0 saturated heterocycles. The quantitative estimate of drug-likeness (QED) is 0.862. The van der Waals surface area contributed by atoms with Crippen LogP contribution < -0.4 is 9.64 Å². The molecule has 1 aliphatic rings. The zero-order chi connectivity index (χ0) is 14.1. The van der Waals surface area contributed by atoms with Gasteiger partial charge in [-0.3, -0.25) is 9.69 Å². The summed E-state index contributed by atoms with van der Waals surface area (Å²) in [5, 5.41) is 9.76. The Kier molecular flexibility index (Phi) is 3.02. The number of hydrogen-bond acceptors (Lipinski definition) is 4. The van der Waals surface area contributed by atoms with Crippen LogP contribution in [0.1, 0.15) is 16.1 Å². The number of aromatic hydroxyl groups is 1. The van der Waals surface area contributed by atoms with Crippen LogP contribution in [0.15, 0.2) is 36.5 Å². The van der Waals surface area contributed by atoms with Gasteiger partial charge in [-0.25, -0.2) is 4.98 Å². The molecular formula is C15H14N2O3. The maximum absolute atomic E-state index is 12.5. The Morgan fingerprint density at radius 1 is 1.40 bits per heavy atom. The molecule has 1 aliphatic heterocycles. The molecule has 20 heavy (non-hydrogen) atoms. The van der Waals surface area contributed by atoms with Gasteiger partial charge in [-0.15, -0.1) is 0 Å². The molecule has 0 saturated carbocycles. The largest absolute Gasteiger partial charge is 0.505 e. The van der Waals surface area contributed by atoms with Crippen LogP contribution >= 0.6 is 0 Å². The number of pyridine rings is 1. The Morgan fingerprint density at radius 2 is 2.25 bits per heavy atom. The lowest BCUT2D eigenvalue weighted by molar-refractivity contribution is 0.0969. The monoisotopic (exact) mass is 270 g/mol. The van der Waals surface area contributed by atoms with Gasteiger partial charge in [0.25, 0.3) is 5.91 Å². The second-order valence-corrected chi connectivity index (χ2v) is 4.65. The molecule has 1 aromatic heterocycles. The van der Waals surface area contributed by atoms with Gasteiger partial charge >= 0.3 is 0 Å². The molecule has 0 radical (unpaired) electrons. The van der Waals surface area contributed by atoms with E-state index in [2.05, 4.69) is 4.98 Å². The van der Waals surface area contributed by atoms with Crippen molar-refractivity contribution in [2.24, 2.45) is 0 Å². The van der Waals surface area contributed by atoms with Gasteiger partial charge in [0.2, 0.25) is 0 Å². The first-order chi connectivity index (χ1) is 9.66. The highest BCUT2D eigenvalue weighted by molar-refractivity contribution is 6.07. The number of carbonyl (C=O) groups is 1. The van der Waals surface area contributed by atoms with Gasteiger partial charge in [0.15, 0.2) is 5.69 Å². The maximum atomic E-state index is 12.5. The van der Waals surface area contributed by atoms with Gasteiger partial charge in [0, 0.05) is 6.20 Å². The van der Waals surface area contributed by atoms with Crippen LogP contribution in [0.25, 0.3) is 0 Å². The molecule has 1 aromatic carbocycles. The minimum absolute atomic E-state index is 0.0564. The van der Waals surface area contributed by atoms with Crippen LogP contribution in [0, 0.1) is 6.92 Å². The van der Waals surface area contributed by atoms with Crippen LogP contribution in [-0.4, -0.2) is 29.1 Å². The summed E-state index contributed by atoms with van der Waals surface area (Å²) < 4.78 is 5.57. The SMILES string of the molecule is Cc1ccc2c(c1)OCCN2C(=O)c1ncccc1O.